The molecule has 4 heteroatoms. The SMILES string of the molecule is CCC(C)N1CC(C(=O)N(CC)Cc2ccccc2)CC1=O. The van der Waals surface area contributed by atoms with Crippen LogP contribution < -0.4 is 0 Å². The Morgan fingerprint density at radius 2 is 2.00 bits per heavy atom. The maximum atomic E-state index is 12.7. The zero-order valence-corrected chi connectivity index (χ0v) is 13.8. The summed E-state index contributed by atoms with van der Waals surface area (Å²) in [6.45, 7) is 7.96. The molecular formula is C18H26N2O2. The second kappa shape index (κ2) is 7.43. The summed E-state index contributed by atoms with van der Waals surface area (Å²) in [5.74, 6) is 0.0270. The lowest BCUT2D eigenvalue weighted by molar-refractivity contribution is -0.136. The topological polar surface area (TPSA) is 40.6 Å². The van der Waals surface area contributed by atoms with E-state index < -0.39 is 0 Å². The summed E-state index contributed by atoms with van der Waals surface area (Å²) in [6, 6.07) is 10.2. The molecule has 1 aliphatic rings. The van der Waals surface area contributed by atoms with Crippen LogP contribution >= 0.6 is 0 Å². The molecule has 0 bridgehead atoms. The predicted molar refractivity (Wildman–Crippen MR) is 87.1 cm³/mol. The fourth-order valence-electron chi connectivity index (χ4n) is 2.95. The van der Waals surface area contributed by atoms with E-state index in [-0.39, 0.29) is 23.8 Å². The number of carbonyl (C=O) groups is 2. The first kappa shape index (κ1) is 16.5. The Morgan fingerprint density at radius 3 is 2.59 bits per heavy atom. The number of amides is 2. The van der Waals surface area contributed by atoms with E-state index in [9.17, 15) is 9.59 Å². The fraction of sp³-hybridized carbons (Fsp3) is 0.556. The van der Waals surface area contributed by atoms with Crippen molar-refractivity contribution in [3.8, 4) is 0 Å². The molecule has 0 saturated carbocycles. The van der Waals surface area contributed by atoms with Gasteiger partial charge in [0.2, 0.25) is 11.8 Å². The predicted octanol–water partition coefficient (Wildman–Crippen LogP) is 2.68. The third kappa shape index (κ3) is 3.67. The number of hydrogen-bond acceptors (Lipinski definition) is 2. The summed E-state index contributed by atoms with van der Waals surface area (Å²) in [5, 5.41) is 0. The molecule has 1 aromatic carbocycles. The van der Waals surface area contributed by atoms with Crippen LogP contribution in [0.25, 0.3) is 0 Å². The van der Waals surface area contributed by atoms with Crippen molar-refractivity contribution in [3.05, 3.63) is 35.9 Å². The maximum absolute atomic E-state index is 12.7. The first-order valence-electron chi connectivity index (χ1n) is 8.19. The van der Waals surface area contributed by atoms with Crippen LogP contribution in [0.2, 0.25) is 0 Å². The van der Waals surface area contributed by atoms with E-state index in [0.29, 0.717) is 26.1 Å². The molecule has 0 spiro atoms. The average molecular weight is 302 g/mol. The van der Waals surface area contributed by atoms with Crippen molar-refractivity contribution >= 4 is 11.8 Å². The highest BCUT2D eigenvalue weighted by Crippen LogP contribution is 2.23. The largest absolute Gasteiger partial charge is 0.339 e. The zero-order valence-electron chi connectivity index (χ0n) is 13.8. The van der Waals surface area contributed by atoms with Gasteiger partial charge in [-0.25, -0.2) is 0 Å². The molecule has 1 aromatic rings. The van der Waals surface area contributed by atoms with Crippen LogP contribution in [-0.2, 0) is 16.1 Å². The molecule has 0 aromatic heterocycles. The Balaban J connectivity index is 2.02. The molecule has 0 aliphatic carbocycles. The second-order valence-corrected chi connectivity index (χ2v) is 6.04. The van der Waals surface area contributed by atoms with Crippen LogP contribution in [0.15, 0.2) is 30.3 Å². The first-order chi connectivity index (χ1) is 10.6. The van der Waals surface area contributed by atoms with E-state index in [0.717, 1.165) is 12.0 Å². The van der Waals surface area contributed by atoms with Gasteiger partial charge in [0.15, 0.2) is 0 Å². The van der Waals surface area contributed by atoms with Crippen LogP contribution in [-0.4, -0.2) is 40.7 Å². The minimum Gasteiger partial charge on any atom is -0.339 e. The van der Waals surface area contributed by atoms with E-state index in [1.54, 1.807) is 0 Å². The molecule has 4 nitrogen and oxygen atoms in total. The van der Waals surface area contributed by atoms with E-state index >= 15 is 0 Å². The van der Waals surface area contributed by atoms with Gasteiger partial charge in [-0.1, -0.05) is 37.3 Å². The van der Waals surface area contributed by atoms with Gasteiger partial charge in [-0.2, -0.15) is 0 Å². The number of nitrogens with zero attached hydrogens (tertiary/aromatic N) is 2. The third-order valence-electron chi connectivity index (χ3n) is 4.54. The van der Waals surface area contributed by atoms with Gasteiger partial charge in [-0.3, -0.25) is 9.59 Å². The van der Waals surface area contributed by atoms with Crippen molar-refractivity contribution in [2.45, 2.75) is 46.2 Å². The van der Waals surface area contributed by atoms with Gasteiger partial charge in [0.25, 0.3) is 0 Å². The molecule has 1 heterocycles. The molecule has 2 rings (SSSR count). The highest BCUT2D eigenvalue weighted by atomic mass is 16.2. The summed E-state index contributed by atoms with van der Waals surface area (Å²) >= 11 is 0. The van der Waals surface area contributed by atoms with E-state index in [1.165, 1.54) is 0 Å². The van der Waals surface area contributed by atoms with Crippen LogP contribution in [0.1, 0.15) is 39.2 Å². The minimum atomic E-state index is -0.190. The molecule has 2 unspecified atom stereocenters. The van der Waals surface area contributed by atoms with Crippen LogP contribution in [0.5, 0.6) is 0 Å². The normalized spacial score (nSPS) is 19.3. The van der Waals surface area contributed by atoms with Crippen LogP contribution in [0, 0.1) is 5.92 Å². The van der Waals surface area contributed by atoms with Crippen LogP contribution in [0.3, 0.4) is 0 Å². The smallest absolute Gasteiger partial charge is 0.228 e. The molecule has 22 heavy (non-hydrogen) atoms. The number of benzene rings is 1. The summed E-state index contributed by atoms with van der Waals surface area (Å²) < 4.78 is 0. The quantitative estimate of drug-likeness (QED) is 0.810. The van der Waals surface area contributed by atoms with E-state index in [4.69, 9.17) is 0 Å². The van der Waals surface area contributed by atoms with Gasteiger partial charge in [-0.15, -0.1) is 0 Å². The monoisotopic (exact) mass is 302 g/mol. The summed E-state index contributed by atoms with van der Waals surface area (Å²) in [6.07, 6.45) is 1.28. The van der Waals surface area contributed by atoms with Crippen molar-refractivity contribution in [1.82, 2.24) is 9.80 Å². The lowest BCUT2D eigenvalue weighted by Gasteiger charge is -2.26. The van der Waals surface area contributed by atoms with E-state index in [1.807, 2.05) is 54.0 Å². The number of rotatable bonds is 6. The highest BCUT2D eigenvalue weighted by molar-refractivity contribution is 5.89. The minimum absolute atomic E-state index is 0.102. The van der Waals surface area contributed by atoms with Crippen molar-refractivity contribution in [2.75, 3.05) is 13.1 Å². The molecule has 2 amide bonds. The lowest BCUT2D eigenvalue weighted by Crippen LogP contribution is -2.38. The lowest BCUT2D eigenvalue weighted by atomic mass is 10.1. The first-order valence-corrected chi connectivity index (χ1v) is 8.19. The van der Waals surface area contributed by atoms with Crippen molar-refractivity contribution < 1.29 is 9.59 Å². The maximum Gasteiger partial charge on any atom is 0.228 e. The van der Waals surface area contributed by atoms with E-state index in [2.05, 4.69) is 6.92 Å². The Bertz CT molecular complexity index is 515. The van der Waals surface area contributed by atoms with Gasteiger partial charge in [-0.05, 0) is 25.8 Å². The summed E-state index contributed by atoms with van der Waals surface area (Å²) in [4.78, 5) is 28.6. The number of carbonyl (C=O) groups excluding carboxylic acids is 2. The Labute approximate surface area is 133 Å². The van der Waals surface area contributed by atoms with Gasteiger partial charge >= 0.3 is 0 Å². The van der Waals surface area contributed by atoms with Gasteiger partial charge in [0.1, 0.15) is 0 Å². The van der Waals surface area contributed by atoms with Crippen molar-refractivity contribution in [1.29, 1.82) is 0 Å². The van der Waals surface area contributed by atoms with Gasteiger partial charge < -0.3 is 9.80 Å². The van der Waals surface area contributed by atoms with Crippen molar-refractivity contribution in [3.63, 3.8) is 0 Å². The van der Waals surface area contributed by atoms with Gasteiger partial charge in [0, 0.05) is 32.1 Å². The molecular weight excluding hydrogens is 276 g/mol. The van der Waals surface area contributed by atoms with Crippen molar-refractivity contribution in [2.24, 2.45) is 5.92 Å². The van der Waals surface area contributed by atoms with Gasteiger partial charge in [0.05, 0.1) is 5.92 Å². The molecule has 0 N–H and O–H groups in total. The second-order valence-electron chi connectivity index (χ2n) is 6.04. The molecule has 2 atom stereocenters. The Hall–Kier alpha value is -1.84. The number of hydrogen-bond donors (Lipinski definition) is 0. The van der Waals surface area contributed by atoms with Crippen LogP contribution in [0.4, 0.5) is 0 Å². The summed E-state index contributed by atoms with van der Waals surface area (Å²) in [7, 11) is 0. The molecule has 1 aliphatic heterocycles. The molecule has 1 fully saturated rings. The standard InChI is InChI=1S/C18H26N2O2/c1-4-14(3)20-13-16(11-17(20)21)18(22)19(5-2)12-15-9-7-6-8-10-15/h6-10,14,16H,4-5,11-13H2,1-3H3. The molecule has 0 radical (unpaired) electrons. The Kier molecular flexibility index (Phi) is 5.58. The number of likely N-dealkylation sites (tertiary alicyclic amines) is 1. The zero-order chi connectivity index (χ0) is 16.1. The molecule has 120 valence electrons. The summed E-state index contributed by atoms with van der Waals surface area (Å²) in [5.41, 5.74) is 1.13. The highest BCUT2D eigenvalue weighted by Gasteiger charge is 2.37. The third-order valence-corrected chi connectivity index (χ3v) is 4.54. The average Bonchev–Trinajstić information content (AvgIpc) is 2.94. The Morgan fingerprint density at radius 1 is 1.32 bits per heavy atom. The fourth-order valence-corrected chi connectivity index (χ4v) is 2.95. The molecule has 1 saturated heterocycles.